The van der Waals surface area contributed by atoms with E-state index < -0.39 is 11.9 Å². The summed E-state index contributed by atoms with van der Waals surface area (Å²) in [6.45, 7) is 0.475. The first-order valence-electron chi connectivity index (χ1n) is 5.93. The lowest BCUT2D eigenvalue weighted by atomic mass is 10.1. The number of nitrogens with one attached hydrogen (secondary N) is 1. The number of ether oxygens (including phenoxy) is 1. The Labute approximate surface area is 99.3 Å². The number of hydrogen-bond acceptors (Lipinski definition) is 4. The van der Waals surface area contributed by atoms with Crippen LogP contribution in [0.1, 0.15) is 25.7 Å². The monoisotopic (exact) mass is 240 g/mol. The SMILES string of the molecule is O=C(OCC(=O)N1CCNC1=O)C1CCCC1. The molecule has 1 heterocycles. The first-order valence-corrected chi connectivity index (χ1v) is 5.93. The zero-order valence-electron chi connectivity index (χ0n) is 9.61. The molecule has 2 aliphatic rings. The Bertz CT molecular complexity index is 336. The number of amides is 3. The standard InChI is InChI=1S/C11H16N2O4/c14-9(13-6-5-12-11(13)16)7-17-10(15)8-3-1-2-4-8/h8H,1-7H2,(H,12,16). The molecule has 1 saturated heterocycles. The normalized spacial score (nSPS) is 20.5. The van der Waals surface area contributed by atoms with E-state index in [-0.39, 0.29) is 18.5 Å². The third-order valence-electron chi connectivity index (χ3n) is 3.18. The van der Waals surface area contributed by atoms with E-state index >= 15 is 0 Å². The predicted molar refractivity (Wildman–Crippen MR) is 58.0 cm³/mol. The molecule has 6 heteroatoms. The highest BCUT2D eigenvalue weighted by Gasteiger charge is 2.29. The second-order valence-corrected chi connectivity index (χ2v) is 4.37. The quantitative estimate of drug-likeness (QED) is 0.718. The van der Waals surface area contributed by atoms with Gasteiger partial charge in [0.2, 0.25) is 0 Å². The van der Waals surface area contributed by atoms with Crippen molar-refractivity contribution in [2.75, 3.05) is 19.7 Å². The molecule has 17 heavy (non-hydrogen) atoms. The van der Waals surface area contributed by atoms with Crippen molar-refractivity contribution in [1.82, 2.24) is 10.2 Å². The summed E-state index contributed by atoms with van der Waals surface area (Å²) in [6.07, 6.45) is 3.78. The minimum absolute atomic E-state index is 0.0600. The Hall–Kier alpha value is -1.59. The van der Waals surface area contributed by atoms with E-state index in [2.05, 4.69) is 5.32 Å². The maximum atomic E-state index is 11.6. The van der Waals surface area contributed by atoms with Crippen molar-refractivity contribution in [2.45, 2.75) is 25.7 Å². The Morgan fingerprint density at radius 2 is 2.06 bits per heavy atom. The molecule has 1 N–H and O–H groups in total. The number of nitrogens with zero attached hydrogens (tertiary/aromatic N) is 1. The molecular weight excluding hydrogens is 224 g/mol. The maximum absolute atomic E-state index is 11.6. The minimum atomic E-state index is -0.452. The highest BCUT2D eigenvalue weighted by molar-refractivity contribution is 5.97. The lowest BCUT2D eigenvalue weighted by Crippen LogP contribution is -2.37. The lowest BCUT2D eigenvalue weighted by Gasteiger charge is -2.13. The highest BCUT2D eigenvalue weighted by Crippen LogP contribution is 2.25. The van der Waals surface area contributed by atoms with Crippen LogP contribution in [-0.2, 0) is 14.3 Å². The molecule has 1 aliphatic carbocycles. The van der Waals surface area contributed by atoms with Gasteiger partial charge in [-0.05, 0) is 12.8 Å². The van der Waals surface area contributed by atoms with Gasteiger partial charge in [-0.3, -0.25) is 14.5 Å². The second-order valence-electron chi connectivity index (χ2n) is 4.37. The van der Waals surface area contributed by atoms with Crippen LogP contribution in [0.3, 0.4) is 0 Å². The van der Waals surface area contributed by atoms with Crippen LogP contribution in [0.4, 0.5) is 4.79 Å². The first kappa shape index (κ1) is 11.9. The van der Waals surface area contributed by atoms with Gasteiger partial charge >= 0.3 is 12.0 Å². The highest BCUT2D eigenvalue weighted by atomic mass is 16.5. The third-order valence-corrected chi connectivity index (χ3v) is 3.18. The Morgan fingerprint density at radius 3 is 2.65 bits per heavy atom. The number of carbonyl (C=O) groups is 3. The predicted octanol–water partition coefficient (Wildman–Crippen LogP) is 0.272. The Morgan fingerprint density at radius 1 is 1.35 bits per heavy atom. The first-order chi connectivity index (χ1) is 8.18. The van der Waals surface area contributed by atoms with Gasteiger partial charge in [-0.2, -0.15) is 0 Å². The van der Waals surface area contributed by atoms with Gasteiger partial charge in [-0.15, -0.1) is 0 Å². The molecule has 0 spiro atoms. The fourth-order valence-electron chi connectivity index (χ4n) is 2.20. The molecule has 1 saturated carbocycles. The van der Waals surface area contributed by atoms with Crippen LogP contribution in [0.5, 0.6) is 0 Å². The lowest BCUT2D eigenvalue weighted by molar-refractivity contribution is -0.154. The van der Waals surface area contributed by atoms with Crippen molar-refractivity contribution in [3.8, 4) is 0 Å². The average Bonchev–Trinajstić information content (AvgIpc) is 2.95. The molecule has 0 aromatic heterocycles. The molecule has 2 fully saturated rings. The molecule has 6 nitrogen and oxygen atoms in total. The molecule has 0 unspecified atom stereocenters. The smallest absolute Gasteiger partial charge is 0.324 e. The summed E-state index contributed by atoms with van der Waals surface area (Å²) in [5, 5.41) is 2.52. The van der Waals surface area contributed by atoms with E-state index in [4.69, 9.17) is 4.74 Å². The number of esters is 1. The van der Waals surface area contributed by atoms with Gasteiger partial charge in [0.25, 0.3) is 5.91 Å². The van der Waals surface area contributed by atoms with Crippen LogP contribution >= 0.6 is 0 Å². The summed E-state index contributed by atoms with van der Waals surface area (Å²) >= 11 is 0. The van der Waals surface area contributed by atoms with Gasteiger partial charge in [0, 0.05) is 13.1 Å². The van der Waals surface area contributed by atoms with Gasteiger partial charge in [0.05, 0.1) is 5.92 Å². The molecule has 0 aromatic rings. The molecule has 1 aliphatic heterocycles. The van der Waals surface area contributed by atoms with Crippen LogP contribution in [0, 0.1) is 5.92 Å². The van der Waals surface area contributed by atoms with E-state index in [0.29, 0.717) is 13.1 Å². The number of urea groups is 1. The van der Waals surface area contributed by atoms with Gasteiger partial charge in [0.15, 0.2) is 6.61 Å². The van der Waals surface area contributed by atoms with Crippen LogP contribution < -0.4 is 5.32 Å². The Kier molecular flexibility index (Phi) is 3.61. The maximum Gasteiger partial charge on any atom is 0.324 e. The molecule has 2 rings (SSSR count). The molecule has 0 aromatic carbocycles. The fourth-order valence-corrected chi connectivity index (χ4v) is 2.20. The Balaban J connectivity index is 1.75. The van der Waals surface area contributed by atoms with E-state index in [1.54, 1.807) is 0 Å². The summed E-state index contributed by atoms with van der Waals surface area (Å²) in [5.74, 6) is -0.822. The molecule has 0 bridgehead atoms. The summed E-state index contributed by atoms with van der Waals surface area (Å²) in [7, 11) is 0. The minimum Gasteiger partial charge on any atom is -0.455 e. The van der Waals surface area contributed by atoms with Crippen molar-refractivity contribution >= 4 is 17.9 Å². The summed E-state index contributed by atoms with van der Waals surface area (Å²) in [4.78, 5) is 35.4. The fraction of sp³-hybridized carbons (Fsp3) is 0.727. The van der Waals surface area contributed by atoms with Gasteiger partial charge in [-0.1, -0.05) is 12.8 Å². The number of carbonyl (C=O) groups excluding carboxylic acids is 3. The topological polar surface area (TPSA) is 75.7 Å². The van der Waals surface area contributed by atoms with Crippen LogP contribution in [0.2, 0.25) is 0 Å². The molecular formula is C11H16N2O4. The van der Waals surface area contributed by atoms with Crippen molar-refractivity contribution in [2.24, 2.45) is 5.92 Å². The second kappa shape index (κ2) is 5.16. The van der Waals surface area contributed by atoms with Crippen LogP contribution in [-0.4, -0.2) is 42.5 Å². The molecule has 94 valence electrons. The summed E-state index contributed by atoms with van der Waals surface area (Å²) < 4.78 is 4.94. The van der Waals surface area contributed by atoms with Gasteiger partial charge in [0.1, 0.15) is 0 Å². The van der Waals surface area contributed by atoms with Crippen molar-refractivity contribution in [3.05, 3.63) is 0 Å². The van der Waals surface area contributed by atoms with Crippen LogP contribution in [0.25, 0.3) is 0 Å². The van der Waals surface area contributed by atoms with E-state index in [0.717, 1.165) is 30.6 Å². The number of rotatable bonds is 3. The molecule has 0 radical (unpaired) electrons. The van der Waals surface area contributed by atoms with Crippen molar-refractivity contribution < 1.29 is 19.1 Å². The van der Waals surface area contributed by atoms with Gasteiger partial charge in [-0.25, -0.2) is 4.79 Å². The summed E-state index contributed by atoms with van der Waals surface area (Å²) in [5.41, 5.74) is 0. The molecule has 3 amide bonds. The average molecular weight is 240 g/mol. The third kappa shape index (κ3) is 2.75. The largest absolute Gasteiger partial charge is 0.455 e. The van der Waals surface area contributed by atoms with Crippen LogP contribution in [0.15, 0.2) is 0 Å². The zero-order valence-corrected chi connectivity index (χ0v) is 9.61. The molecule has 0 atom stereocenters. The zero-order chi connectivity index (χ0) is 12.3. The van der Waals surface area contributed by atoms with E-state index in [1.807, 2.05) is 0 Å². The van der Waals surface area contributed by atoms with Crippen molar-refractivity contribution in [1.29, 1.82) is 0 Å². The number of hydrogen-bond donors (Lipinski definition) is 1. The van der Waals surface area contributed by atoms with E-state index in [9.17, 15) is 14.4 Å². The van der Waals surface area contributed by atoms with E-state index in [1.165, 1.54) is 0 Å². The summed E-state index contributed by atoms with van der Waals surface area (Å²) in [6, 6.07) is -0.410. The number of imide groups is 1. The van der Waals surface area contributed by atoms with Crippen molar-refractivity contribution in [3.63, 3.8) is 0 Å². The van der Waals surface area contributed by atoms with Gasteiger partial charge < -0.3 is 10.1 Å².